The lowest BCUT2D eigenvalue weighted by molar-refractivity contribution is 0.0683. The summed E-state index contributed by atoms with van der Waals surface area (Å²) in [5, 5.41) is 19.0. The molecule has 1 N–H and O–H groups in total. The van der Waals surface area contributed by atoms with Gasteiger partial charge in [0.05, 0.1) is 6.54 Å². The van der Waals surface area contributed by atoms with Crippen LogP contribution in [-0.2, 0) is 6.54 Å². The normalized spacial score (nSPS) is 10.1. The molecule has 0 bridgehead atoms. The lowest BCUT2D eigenvalue weighted by atomic mass is 10.3. The van der Waals surface area contributed by atoms with Crippen molar-refractivity contribution in [3.63, 3.8) is 0 Å². The first-order chi connectivity index (χ1) is 5.74. The van der Waals surface area contributed by atoms with Crippen molar-refractivity contribution in [2.24, 2.45) is 0 Å². The van der Waals surface area contributed by atoms with E-state index in [1.54, 1.807) is 0 Å². The number of carbonyl (C=O) groups is 1. The number of tetrazole rings is 1. The second-order valence-corrected chi connectivity index (χ2v) is 2.37. The average Bonchev–Trinajstić information content (AvgIpc) is 2.48. The smallest absolute Gasteiger partial charge is 0.377 e. The van der Waals surface area contributed by atoms with E-state index in [9.17, 15) is 4.79 Å². The summed E-state index contributed by atoms with van der Waals surface area (Å²) in [6, 6.07) is 0. The van der Waals surface area contributed by atoms with Crippen LogP contribution in [0.4, 0.5) is 0 Å². The predicted octanol–water partition coefficient (Wildman–Crippen LogP) is 0.171. The van der Waals surface area contributed by atoms with Crippen LogP contribution in [0.3, 0.4) is 0 Å². The van der Waals surface area contributed by atoms with Crippen LogP contribution in [0.5, 0.6) is 0 Å². The molecule has 1 heterocycles. The van der Waals surface area contributed by atoms with Gasteiger partial charge in [0.2, 0.25) is 0 Å². The number of aryl methyl sites for hydroxylation is 1. The van der Waals surface area contributed by atoms with Gasteiger partial charge >= 0.3 is 5.97 Å². The molecule has 6 heteroatoms. The molecule has 0 radical (unpaired) electrons. The van der Waals surface area contributed by atoms with E-state index in [2.05, 4.69) is 15.4 Å². The van der Waals surface area contributed by atoms with Crippen molar-refractivity contribution in [1.29, 1.82) is 0 Å². The van der Waals surface area contributed by atoms with Gasteiger partial charge in [-0.25, -0.2) is 4.79 Å². The fourth-order valence-electron chi connectivity index (χ4n) is 0.723. The largest absolute Gasteiger partial charge is 0.475 e. The van der Waals surface area contributed by atoms with Gasteiger partial charge in [0, 0.05) is 0 Å². The number of carboxylic acids is 1. The highest BCUT2D eigenvalue weighted by molar-refractivity contribution is 5.82. The van der Waals surface area contributed by atoms with E-state index >= 15 is 0 Å². The van der Waals surface area contributed by atoms with Gasteiger partial charge in [-0.3, -0.25) is 0 Å². The molecule has 0 aliphatic rings. The van der Waals surface area contributed by atoms with E-state index in [1.165, 1.54) is 4.80 Å². The maximum absolute atomic E-state index is 10.3. The van der Waals surface area contributed by atoms with Crippen molar-refractivity contribution in [2.75, 3.05) is 0 Å². The number of hydrogen-bond donors (Lipinski definition) is 1. The number of aromatic carboxylic acids is 1. The Morgan fingerprint density at radius 3 is 2.92 bits per heavy atom. The van der Waals surface area contributed by atoms with Gasteiger partial charge in [0.25, 0.3) is 5.82 Å². The van der Waals surface area contributed by atoms with Gasteiger partial charge in [-0.2, -0.15) is 4.80 Å². The molecule has 0 saturated heterocycles. The Morgan fingerprint density at radius 2 is 2.42 bits per heavy atom. The molecule has 12 heavy (non-hydrogen) atoms. The fourth-order valence-corrected chi connectivity index (χ4v) is 0.723. The number of aromatic nitrogens is 4. The van der Waals surface area contributed by atoms with Crippen LogP contribution in [-0.4, -0.2) is 31.3 Å². The molecule has 0 unspecified atom stereocenters. The third-order valence-corrected chi connectivity index (χ3v) is 1.36. The molecule has 0 aliphatic carbocycles. The average molecular weight is 170 g/mol. The molecule has 1 aromatic heterocycles. The summed E-state index contributed by atoms with van der Waals surface area (Å²) in [5.41, 5.74) is 0. The highest BCUT2D eigenvalue weighted by Crippen LogP contribution is 1.91. The van der Waals surface area contributed by atoms with Gasteiger partial charge in [-0.05, 0) is 11.6 Å². The lowest BCUT2D eigenvalue weighted by Gasteiger charge is -1.92. The monoisotopic (exact) mass is 170 g/mol. The zero-order chi connectivity index (χ0) is 8.97. The van der Waals surface area contributed by atoms with Crippen molar-refractivity contribution < 1.29 is 9.90 Å². The minimum atomic E-state index is -1.14. The van der Waals surface area contributed by atoms with Crippen LogP contribution in [0.1, 0.15) is 30.4 Å². The van der Waals surface area contributed by atoms with E-state index in [0.29, 0.717) is 6.54 Å². The summed E-state index contributed by atoms with van der Waals surface area (Å²) in [6.07, 6.45) is 1.94. The molecule has 1 rings (SSSR count). The fraction of sp³-hybridized carbons (Fsp3) is 0.667. The van der Waals surface area contributed by atoms with Crippen LogP contribution in [0, 0.1) is 0 Å². The first kappa shape index (κ1) is 8.63. The van der Waals surface area contributed by atoms with Crippen molar-refractivity contribution >= 4 is 5.97 Å². The van der Waals surface area contributed by atoms with Crippen molar-refractivity contribution in [3.8, 4) is 0 Å². The number of unbranched alkanes of at least 4 members (excludes halogenated alkanes) is 1. The Kier molecular flexibility index (Phi) is 2.73. The Bertz CT molecular complexity index is 270. The molecule has 0 aromatic carbocycles. The molecule has 6 nitrogen and oxygen atoms in total. The van der Waals surface area contributed by atoms with Crippen molar-refractivity contribution in [2.45, 2.75) is 26.3 Å². The van der Waals surface area contributed by atoms with Gasteiger partial charge in [0.1, 0.15) is 0 Å². The highest BCUT2D eigenvalue weighted by Gasteiger charge is 2.09. The van der Waals surface area contributed by atoms with Crippen LogP contribution < -0.4 is 0 Å². The molecule has 0 fully saturated rings. The maximum Gasteiger partial charge on any atom is 0.377 e. The van der Waals surface area contributed by atoms with Gasteiger partial charge in [0.15, 0.2) is 0 Å². The molecule has 66 valence electrons. The molecule has 0 aliphatic heterocycles. The Morgan fingerprint density at radius 1 is 1.67 bits per heavy atom. The number of rotatable bonds is 4. The number of carboxylic acid groups (broad SMARTS) is 1. The first-order valence-corrected chi connectivity index (χ1v) is 3.75. The minimum Gasteiger partial charge on any atom is -0.475 e. The molecular formula is C6H10N4O2. The van der Waals surface area contributed by atoms with Crippen LogP contribution in [0.2, 0.25) is 0 Å². The summed E-state index contributed by atoms with van der Waals surface area (Å²) in [5.74, 6) is -1.39. The molecule has 0 amide bonds. The lowest BCUT2D eigenvalue weighted by Crippen LogP contribution is -2.04. The summed E-state index contributed by atoms with van der Waals surface area (Å²) in [4.78, 5) is 11.6. The Labute approximate surface area is 69.2 Å². The third kappa shape index (κ3) is 2.01. The first-order valence-electron chi connectivity index (χ1n) is 3.75. The topological polar surface area (TPSA) is 80.9 Å². The van der Waals surface area contributed by atoms with Crippen molar-refractivity contribution in [3.05, 3.63) is 5.82 Å². The van der Waals surface area contributed by atoms with Gasteiger partial charge in [-0.15, -0.1) is 10.2 Å². The summed E-state index contributed by atoms with van der Waals surface area (Å²) in [7, 11) is 0. The molecule has 0 atom stereocenters. The maximum atomic E-state index is 10.3. The van der Waals surface area contributed by atoms with Crippen LogP contribution in [0.25, 0.3) is 0 Å². The van der Waals surface area contributed by atoms with E-state index in [-0.39, 0.29) is 5.82 Å². The molecule has 0 spiro atoms. The second-order valence-electron chi connectivity index (χ2n) is 2.37. The van der Waals surface area contributed by atoms with Crippen LogP contribution >= 0.6 is 0 Å². The van der Waals surface area contributed by atoms with Gasteiger partial charge in [-0.1, -0.05) is 13.3 Å². The van der Waals surface area contributed by atoms with Crippen LogP contribution in [0.15, 0.2) is 0 Å². The Hall–Kier alpha value is -1.46. The zero-order valence-corrected chi connectivity index (χ0v) is 6.77. The Balaban J connectivity index is 2.58. The zero-order valence-electron chi connectivity index (χ0n) is 6.77. The summed E-state index contributed by atoms with van der Waals surface area (Å²) in [6.45, 7) is 2.66. The van der Waals surface area contributed by atoms with Crippen molar-refractivity contribution in [1.82, 2.24) is 20.2 Å². The van der Waals surface area contributed by atoms with E-state index in [0.717, 1.165) is 12.8 Å². The molecular weight excluding hydrogens is 160 g/mol. The van der Waals surface area contributed by atoms with Gasteiger partial charge < -0.3 is 5.11 Å². The van der Waals surface area contributed by atoms with E-state index in [4.69, 9.17) is 5.11 Å². The summed E-state index contributed by atoms with van der Waals surface area (Å²) < 4.78 is 0. The molecule has 0 saturated carbocycles. The predicted molar refractivity (Wildman–Crippen MR) is 39.7 cm³/mol. The SMILES string of the molecule is CCCCn1nnc(C(=O)O)n1. The van der Waals surface area contributed by atoms with E-state index in [1.807, 2.05) is 6.92 Å². The minimum absolute atomic E-state index is 0.244. The third-order valence-electron chi connectivity index (χ3n) is 1.36. The number of hydrogen-bond acceptors (Lipinski definition) is 4. The quantitative estimate of drug-likeness (QED) is 0.696. The standard InChI is InChI=1S/C6H10N4O2/c1-2-3-4-10-8-5(6(11)12)7-9-10/h2-4H2,1H3,(H,11,12). The molecule has 1 aromatic rings. The summed E-state index contributed by atoms with van der Waals surface area (Å²) >= 11 is 0. The number of nitrogens with zero attached hydrogens (tertiary/aromatic N) is 4. The van der Waals surface area contributed by atoms with E-state index < -0.39 is 5.97 Å². The second kappa shape index (κ2) is 3.80. The highest BCUT2D eigenvalue weighted by atomic mass is 16.4.